The third-order valence-corrected chi connectivity index (χ3v) is 9.56. The second kappa shape index (κ2) is 4.92. The summed E-state index contributed by atoms with van der Waals surface area (Å²) in [6, 6.07) is 0. The lowest BCUT2D eigenvalue weighted by atomic mass is 9.92. The number of hydrogen-bond acceptors (Lipinski definition) is 4. The van der Waals surface area contributed by atoms with E-state index >= 15 is 0 Å². The largest absolute Gasteiger partial charge is 0.408 e. The molecule has 5 atom stereocenters. The summed E-state index contributed by atoms with van der Waals surface area (Å²) in [6.45, 7) is 17.1. The highest BCUT2D eigenvalue weighted by atomic mass is 28.4. The summed E-state index contributed by atoms with van der Waals surface area (Å²) in [5.41, 5.74) is -0.790. The van der Waals surface area contributed by atoms with Gasteiger partial charge in [-0.15, -0.1) is 6.58 Å². The van der Waals surface area contributed by atoms with E-state index in [0.717, 1.165) is 0 Å². The molecule has 0 spiro atoms. The number of hydrogen-bond donors (Lipinski definition) is 1. The third kappa shape index (κ3) is 2.29. The summed E-state index contributed by atoms with van der Waals surface area (Å²) >= 11 is 0. The number of ether oxygens (including phenoxy) is 2. The molecule has 2 saturated heterocycles. The maximum absolute atomic E-state index is 10.3. The summed E-state index contributed by atoms with van der Waals surface area (Å²) in [5.74, 6) is 0. The lowest BCUT2D eigenvalue weighted by molar-refractivity contribution is -0.171. The van der Waals surface area contributed by atoms with E-state index in [2.05, 4.69) is 40.4 Å². The summed E-state index contributed by atoms with van der Waals surface area (Å²) in [5, 5.41) is 10.4. The van der Waals surface area contributed by atoms with Gasteiger partial charge in [0.05, 0.1) is 12.7 Å². The van der Waals surface area contributed by atoms with Crippen LogP contribution in [-0.4, -0.2) is 50.0 Å². The monoisotopic (exact) mass is 300 g/mol. The lowest BCUT2D eigenvalue weighted by Gasteiger charge is -2.41. The smallest absolute Gasteiger partial charge is 0.192 e. The van der Waals surface area contributed by atoms with Crippen molar-refractivity contribution in [2.75, 3.05) is 6.61 Å². The third-order valence-electron chi connectivity index (χ3n) is 5.10. The molecule has 2 heterocycles. The van der Waals surface area contributed by atoms with Crippen LogP contribution in [0.5, 0.6) is 0 Å². The van der Waals surface area contributed by atoms with E-state index in [9.17, 15) is 5.11 Å². The van der Waals surface area contributed by atoms with Crippen molar-refractivity contribution in [2.24, 2.45) is 0 Å². The van der Waals surface area contributed by atoms with Gasteiger partial charge in [-0.2, -0.15) is 0 Å². The van der Waals surface area contributed by atoms with Crippen LogP contribution >= 0.6 is 0 Å². The van der Waals surface area contributed by atoms with Gasteiger partial charge in [0, 0.05) is 0 Å². The van der Waals surface area contributed by atoms with Crippen molar-refractivity contribution >= 4 is 8.32 Å². The molecule has 1 N–H and O–H groups in total. The molecule has 4 nitrogen and oxygen atoms in total. The first-order valence-electron chi connectivity index (χ1n) is 7.33. The van der Waals surface area contributed by atoms with E-state index < -0.39 is 20.0 Å². The van der Waals surface area contributed by atoms with Gasteiger partial charge in [0.25, 0.3) is 0 Å². The second-order valence-corrected chi connectivity index (χ2v) is 12.3. The highest BCUT2D eigenvalue weighted by Gasteiger charge is 2.65. The van der Waals surface area contributed by atoms with Crippen molar-refractivity contribution < 1.29 is 19.0 Å². The van der Waals surface area contributed by atoms with Gasteiger partial charge in [-0.1, -0.05) is 26.8 Å². The highest BCUT2D eigenvalue weighted by Crippen LogP contribution is 2.48. The molecule has 2 bridgehead atoms. The quantitative estimate of drug-likeness (QED) is 0.640. The molecule has 116 valence electrons. The average molecular weight is 300 g/mol. The van der Waals surface area contributed by atoms with Gasteiger partial charge in [-0.3, -0.25) is 0 Å². The molecule has 0 aromatic heterocycles. The molecule has 0 radical (unpaired) electrons. The lowest BCUT2D eigenvalue weighted by Crippen LogP contribution is -2.56. The Bertz CT molecular complexity index is 390. The Hall–Kier alpha value is -0.203. The van der Waals surface area contributed by atoms with Crippen molar-refractivity contribution in [3.05, 3.63) is 12.7 Å². The van der Waals surface area contributed by atoms with Crippen LogP contribution in [0, 0.1) is 0 Å². The molecule has 5 heteroatoms. The fraction of sp³-hybridized carbons (Fsp3) is 0.867. The number of fused-ring (bicyclic) bond motifs is 2. The first-order chi connectivity index (χ1) is 9.05. The van der Waals surface area contributed by atoms with Crippen molar-refractivity contribution in [3.63, 3.8) is 0 Å². The molecule has 0 saturated carbocycles. The minimum Gasteiger partial charge on any atom is -0.408 e. The van der Waals surface area contributed by atoms with Crippen LogP contribution in [0.3, 0.4) is 0 Å². The molecule has 0 aromatic carbocycles. The van der Waals surface area contributed by atoms with Crippen molar-refractivity contribution in [1.29, 1.82) is 0 Å². The van der Waals surface area contributed by atoms with Crippen molar-refractivity contribution in [3.8, 4) is 0 Å². The summed E-state index contributed by atoms with van der Waals surface area (Å²) in [4.78, 5) is 0. The number of aliphatic hydroxyl groups excluding tert-OH is 1. The maximum Gasteiger partial charge on any atom is 0.192 e. The standard InChI is InChI=1S/C15H28O4Si/c1-8-11(16)15-9-17-12(10(2)18-15)13(15)19-20(6,7)14(3,4)5/h8,10-13,16H,1,9H2,2-7H3/t10-,11-,12?,13-,15?/m0/s1. The Kier molecular flexibility index (Phi) is 3.98. The van der Waals surface area contributed by atoms with E-state index in [1.54, 1.807) is 0 Å². The van der Waals surface area contributed by atoms with Crippen molar-refractivity contribution in [2.45, 2.75) is 75.8 Å². The topological polar surface area (TPSA) is 47.9 Å². The van der Waals surface area contributed by atoms with Gasteiger partial charge in [0.15, 0.2) is 8.32 Å². The molecule has 2 aliphatic rings. The molecule has 2 aliphatic heterocycles. The summed E-state index contributed by atoms with van der Waals surface area (Å²) in [6.07, 6.45) is 0.372. The number of aliphatic hydroxyl groups is 1. The molecule has 0 aromatic rings. The van der Waals surface area contributed by atoms with E-state index in [0.29, 0.717) is 6.61 Å². The molecule has 2 fully saturated rings. The predicted octanol–water partition coefficient (Wildman–Crippen LogP) is 2.48. The normalized spacial score (nSPS) is 39.0. The van der Waals surface area contributed by atoms with E-state index in [1.807, 2.05) is 6.92 Å². The van der Waals surface area contributed by atoms with Gasteiger partial charge >= 0.3 is 0 Å². The fourth-order valence-corrected chi connectivity index (χ4v) is 4.08. The molecule has 2 unspecified atom stereocenters. The first-order valence-corrected chi connectivity index (χ1v) is 10.2. The Morgan fingerprint density at radius 1 is 1.45 bits per heavy atom. The first kappa shape index (κ1) is 16.2. The van der Waals surface area contributed by atoms with Crippen LogP contribution in [0.15, 0.2) is 12.7 Å². The van der Waals surface area contributed by atoms with E-state index in [1.165, 1.54) is 6.08 Å². The molecule has 0 aliphatic carbocycles. The Morgan fingerprint density at radius 2 is 2.05 bits per heavy atom. The van der Waals surface area contributed by atoms with Crippen molar-refractivity contribution in [1.82, 2.24) is 0 Å². The molecular formula is C15H28O4Si. The van der Waals surface area contributed by atoms with E-state index in [-0.39, 0.29) is 23.4 Å². The van der Waals surface area contributed by atoms with Gasteiger partial charge < -0.3 is 19.0 Å². The zero-order valence-corrected chi connectivity index (χ0v) is 14.5. The minimum atomic E-state index is -1.95. The molecule has 2 rings (SSSR count). The van der Waals surface area contributed by atoms with E-state index in [4.69, 9.17) is 13.9 Å². The average Bonchev–Trinajstić information content (AvgIpc) is 2.78. The zero-order chi connectivity index (χ0) is 15.3. The predicted molar refractivity (Wildman–Crippen MR) is 81.3 cm³/mol. The van der Waals surface area contributed by atoms with Gasteiger partial charge in [-0.05, 0) is 25.1 Å². The van der Waals surface area contributed by atoms with Crippen LogP contribution in [0.2, 0.25) is 18.1 Å². The van der Waals surface area contributed by atoms with Crippen LogP contribution in [0.25, 0.3) is 0 Å². The summed E-state index contributed by atoms with van der Waals surface area (Å²) in [7, 11) is -1.95. The minimum absolute atomic E-state index is 0.0619. The second-order valence-electron chi connectivity index (χ2n) is 7.53. The van der Waals surface area contributed by atoms with Gasteiger partial charge in [-0.25, -0.2) is 0 Å². The van der Waals surface area contributed by atoms with Crippen LogP contribution in [-0.2, 0) is 13.9 Å². The molecular weight excluding hydrogens is 272 g/mol. The van der Waals surface area contributed by atoms with Crippen LogP contribution < -0.4 is 0 Å². The maximum atomic E-state index is 10.3. The highest BCUT2D eigenvalue weighted by molar-refractivity contribution is 6.74. The zero-order valence-electron chi connectivity index (χ0n) is 13.5. The molecule has 0 amide bonds. The van der Waals surface area contributed by atoms with Gasteiger partial charge in [0.1, 0.15) is 23.9 Å². The summed E-state index contributed by atoms with van der Waals surface area (Å²) < 4.78 is 18.4. The molecule has 20 heavy (non-hydrogen) atoms. The van der Waals surface area contributed by atoms with Gasteiger partial charge in [0.2, 0.25) is 0 Å². The Balaban J connectivity index is 2.29. The fourth-order valence-electron chi connectivity index (χ4n) is 2.75. The number of rotatable bonds is 4. The SMILES string of the molecule is C=C[C@H](O)C12COC([C@H](C)O1)[C@@H]2O[Si](C)(C)C(C)(C)C. The Morgan fingerprint density at radius 3 is 2.50 bits per heavy atom. The Labute approximate surface area is 123 Å². The van der Waals surface area contributed by atoms with Crippen LogP contribution in [0.1, 0.15) is 27.7 Å². The van der Waals surface area contributed by atoms with Crippen LogP contribution in [0.4, 0.5) is 0 Å².